The van der Waals surface area contributed by atoms with Crippen molar-refractivity contribution >= 4 is 17.7 Å². The standard InChI is InChI=1S/C6H6N4O3/c11-3-1-2-10-5(7-3)4(6(12)13)8-9-10/h1-2H2,(H,7,11)(H,12,13). The lowest BCUT2D eigenvalue weighted by atomic mass is 10.3. The first-order valence-electron chi connectivity index (χ1n) is 3.65. The Morgan fingerprint density at radius 1 is 1.62 bits per heavy atom. The molecule has 13 heavy (non-hydrogen) atoms. The number of aryl methyl sites for hydroxylation is 1. The van der Waals surface area contributed by atoms with Crippen molar-refractivity contribution in [3.05, 3.63) is 5.69 Å². The fourth-order valence-corrected chi connectivity index (χ4v) is 1.14. The molecule has 0 saturated carbocycles. The number of carboxylic acid groups (broad SMARTS) is 1. The van der Waals surface area contributed by atoms with Crippen LogP contribution in [0.1, 0.15) is 16.9 Å². The molecule has 1 aliphatic heterocycles. The summed E-state index contributed by atoms with van der Waals surface area (Å²) in [5.41, 5.74) is -0.215. The maximum atomic E-state index is 10.9. The van der Waals surface area contributed by atoms with Gasteiger partial charge in [0.25, 0.3) is 0 Å². The maximum absolute atomic E-state index is 10.9. The van der Waals surface area contributed by atoms with Crippen LogP contribution in [0, 0.1) is 0 Å². The molecular weight excluding hydrogens is 176 g/mol. The Balaban J connectivity index is 2.46. The monoisotopic (exact) mass is 182 g/mol. The minimum Gasteiger partial charge on any atom is -0.476 e. The number of carboxylic acids is 1. The fourth-order valence-electron chi connectivity index (χ4n) is 1.14. The van der Waals surface area contributed by atoms with Crippen molar-refractivity contribution < 1.29 is 14.7 Å². The van der Waals surface area contributed by atoms with Crippen LogP contribution in [-0.4, -0.2) is 32.0 Å². The summed E-state index contributed by atoms with van der Waals surface area (Å²) in [4.78, 5) is 21.5. The van der Waals surface area contributed by atoms with Gasteiger partial charge in [0.2, 0.25) is 11.6 Å². The van der Waals surface area contributed by atoms with Gasteiger partial charge in [-0.25, -0.2) is 9.48 Å². The molecule has 0 saturated heterocycles. The van der Waals surface area contributed by atoms with Crippen LogP contribution in [0.25, 0.3) is 0 Å². The van der Waals surface area contributed by atoms with Gasteiger partial charge in [-0.05, 0) is 0 Å². The van der Waals surface area contributed by atoms with E-state index in [1.807, 2.05) is 0 Å². The van der Waals surface area contributed by atoms with Gasteiger partial charge in [-0.1, -0.05) is 5.21 Å². The summed E-state index contributed by atoms with van der Waals surface area (Å²) in [6.45, 7) is 0.376. The molecule has 2 N–H and O–H groups in total. The number of aromatic nitrogens is 3. The lowest BCUT2D eigenvalue weighted by Crippen LogP contribution is -2.24. The lowest BCUT2D eigenvalue weighted by molar-refractivity contribution is -0.116. The van der Waals surface area contributed by atoms with Crippen molar-refractivity contribution in [3.8, 4) is 0 Å². The first-order chi connectivity index (χ1) is 6.18. The van der Waals surface area contributed by atoms with Crippen LogP contribution in [0.15, 0.2) is 0 Å². The second kappa shape index (κ2) is 2.54. The highest BCUT2D eigenvalue weighted by Gasteiger charge is 2.24. The summed E-state index contributed by atoms with van der Waals surface area (Å²) in [5, 5.41) is 18.1. The Bertz CT molecular complexity index is 383. The van der Waals surface area contributed by atoms with Crippen LogP contribution >= 0.6 is 0 Å². The van der Waals surface area contributed by atoms with Crippen molar-refractivity contribution in [2.45, 2.75) is 13.0 Å². The molecule has 0 atom stereocenters. The Kier molecular flexibility index (Phi) is 1.51. The summed E-state index contributed by atoms with van der Waals surface area (Å²) in [5.74, 6) is -1.23. The van der Waals surface area contributed by atoms with E-state index in [1.54, 1.807) is 0 Å². The highest BCUT2D eigenvalue weighted by Crippen LogP contribution is 2.16. The van der Waals surface area contributed by atoms with Crippen molar-refractivity contribution in [3.63, 3.8) is 0 Å². The third kappa shape index (κ3) is 1.13. The molecule has 0 radical (unpaired) electrons. The van der Waals surface area contributed by atoms with Crippen LogP contribution in [0.4, 0.5) is 5.82 Å². The second-order valence-electron chi connectivity index (χ2n) is 2.61. The number of nitrogens with one attached hydrogen (secondary N) is 1. The van der Waals surface area contributed by atoms with Crippen LogP contribution in [0.2, 0.25) is 0 Å². The van der Waals surface area contributed by atoms with Crippen molar-refractivity contribution in [2.24, 2.45) is 0 Å². The molecule has 0 aliphatic carbocycles. The predicted octanol–water partition coefficient (Wildman–Crippen LogP) is -0.682. The minimum absolute atomic E-state index is 0.170. The van der Waals surface area contributed by atoms with Crippen LogP contribution in [0.3, 0.4) is 0 Å². The van der Waals surface area contributed by atoms with E-state index in [2.05, 4.69) is 15.6 Å². The fraction of sp³-hybridized carbons (Fsp3) is 0.333. The molecule has 0 spiro atoms. The number of hydrogen-bond donors (Lipinski definition) is 2. The Morgan fingerprint density at radius 2 is 2.38 bits per heavy atom. The summed E-state index contributed by atoms with van der Waals surface area (Å²) in [7, 11) is 0. The largest absolute Gasteiger partial charge is 0.476 e. The van der Waals surface area contributed by atoms with E-state index in [0.29, 0.717) is 13.0 Å². The minimum atomic E-state index is -1.19. The highest BCUT2D eigenvalue weighted by molar-refractivity contribution is 5.98. The topological polar surface area (TPSA) is 97.1 Å². The zero-order chi connectivity index (χ0) is 9.42. The van der Waals surface area contributed by atoms with Gasteiger partial charge in [-0.2, -0.15) is 0 Å². The van der Waals surface area contributed by atoms with E-state index in [4.69, 9.17) is 5.11 Å². The zero-order valence-electron chi connectivity index (χ0n) is 6.52. The molecule has 1 aromatic heterocycles. The number of amides is 1. The SMILES string of the molecule is O=C1CCn2nnc(C(=O)O)c2N1. The van der Waals surface area contributed by atoms with Crippen molar-refractivity contribution in [2.75, 3.05) is 5.32 Å². The van der Waals surface area contributed by atoms with Gasteiger partial charge < -0.3 is 10.4 Å². The first-order valence-corrected chi connectivity index (χ1v) is 3.65. The van der Waals surface area contributed by atoms with Crippen LogP contribution in [-0.2, 0) is 11.3 Å². The van der Waals surface area contributed by atoms with Gasteiger partial charge in [-0.3, -0.25) is 4.79 Å². The quantitative estimate of drug-likeness (QED) is 0.599. The number of rotatable bonds is 1. The smallest absolute Gasteiger partial charge is 0.360 e. The van der Waals surface area contributed by atoms with E-state index in [0.717, 1.165) is 0 Å². The average molecular weight is 182 g/mol. The number of fused-ring (bicyclic) bond motifs is 1. The molecule has 7 nitrogen and oxygen atoms in total. The summed E-state index contributed by atoms with van der Waals surface area (Å²) in [6, 6.07) is 0. The van der Waals surface area contributed by atoms with Crippen molar-refractivity contribution in [1.82, 2.24) is 15.0 Å². The lowest BCUT2D eigenvalue weighted by Gasteiger charge is -2.12. The van der Waals surface area contributed by atoms with E-state index in [-0.39, 0.29) is 17.4 Å². The number of hydrogen-bond acceptors (Lipinski definition) is 4. The molecule has 68 valence electrons. The zero-order valence-corrected chi connectivity index (χ0v) is 6.52. The van der Waals surface area contributed by atoms with Gasteiger partial charge in [0, 0.05) is 6.42 Å². The van der Waals surface area contributed by atoms with E-state index >= 15 is 0 Å². The van der Waals surface area contributed by atoms with Gasteiger partial charge in [-0.15, -0.1) is 5.10 Å². The molecule has 0 unspecified atom stereocenters. The molecule has 7 heteroatoms. The van der Waals surface area contributed by atoms with Gasteiger partial charge in [0.05, 0.1) is 6.54 Å². The Hall–Kier alpha value is -1.92. The number of anilines is 1. The van der Waals surface area contributed by atoms with E-state index in [1.165, 1.54) is 4.68 Å². The highest BCUT2D eigenvalue weighted by atomic mass is 16.4. The van der Waals surface area contributed by atoms with Gasteiger partial charge in [0.1, 0.15) is 0 Å². The first kappa shape index (κ1) is 7.71. The molecule has 1 amide bonds. The van der Waals surface area contributed by atoms with Gasteiger partial charge in [0.15, 0.2) is 5.82 Å². The second-order valence-corrected chi connectivity index (χ2v) is 2.61. The number of aromatic carboxylic acids is 1. The molecule has 2 heterocycles. The molecule has 0 fully saturated rings. The average Bonchev–Trinajstić information content (AvgIpc) is 2.46. The Morgan fingerprint density at radius 3 is 3.08 bits per heavy atom. The number of carbonyl (C=O) groups is 2. The predicted molar refractivity (Wildman–Crippen MR) is 40.2 cm³/mol. The summed E-state index contributed by atoms with van der Waals surface area (Å²) in [6.07, 6.45) is 0.301. The molecule has 2 rings (SSSR count). The Labute approximate surface area is 72.3 Å². The maximum Gasteiger partial charge on any atom is 0.360 e. The molecule has 1 aliphatic rings. The number of carbonyl (C=O) groups excluding carboxylic acids is 1. The van der Waals surface area contributed by atoms with Crippen LogP contribution in [0.5, 0.6) is 0 Å². The molecule has 0 aromatic carbocycles. The number of nitrogens with zero attached hydrogens (tertiary/aromatic N) is 3. The third-order valence-electron chi connectivity index (χ3n) is 1.75. The summed E-state index contributed by atoms with van der Waals surface area (Å²) < 4.78 is 1.37. The van der Waals surface area contributed by atoms with E-state index in [9.17, 15) is 9.59 Å². The van der Waals surface area contributed by atoms with Gasteiger partial charge >= 0.3 is 5.97 Å². The normalized spacial score (nSPS) is 14.9. The molecule has 0 bridgehead atoms. The van der Waals surface area contributed by atoms with Crippen molar-refractivity contribution in [1.29, 1.82) is 0 Å². The summed E-state index contributed by atoms with van der Waals surface area (Å²) >= 11 is 0. The third-order valence-corrected chi connectivity index (χ3v) is 1.75. The molecular formula is C6H6N4O3. The van der Waals surface area contributed by atoms with E-state index < -0.39 is 5.97 Å². The van der Waals surface area contributed by atoms with Crippen LogP contribution < -0.4 is 5.32 Å². The molecule has 1 aromatic rings.